The number of hydrogen-bond donors (Lipinski definition) is 2. The van der Waals surface area contributed by atoms with Gasteiger partial charge in [-0.25, -0.2) is 4.98 Å². The first-order valence-corrected chi connectivity index (χ1v) is 10.4. The Morgan fingerprint density at radius 2 is 1.83 bits per heavy atom. The lowest BCUT2D eigenvalue weighted by Gasteiger charge is -2.06. The van der Waals surface area contributed by atoms with Gasteiger partial charge in [-0.2, -0.15) is 0 Å². The number of nitrogens with one attached hydrogen (secondary N) is 2. The summed E-state index contributed by atoms with van der Waals surface area (Å²) in [6.07, 6.45) is 0. The molecule has 29 heavy (non-hydrogen) atoms. The molecule has 1 aromatic carbocycles. The van der Waals surface area contributed by atoms with E-state index in [0.717, 1.165) is 15.4 Å². The van der Waals surface area contributed by atoms with Gasteiger partial charge in [0.25, 0.3) is 5.91 Å². The van der Waals surface area contributed by atoms with Gasteiger partial charge >= 0.3 is 0 Å². The second-order valence-corrected chi connectivity index (χ2v) is 8.16. The molecule has 9 heteroatoms. The highest BCUT2D eigenvalue weighted by atomic mass is 32.1. The predicted octanol–water partition coefficient (Wildman–Crippen LogP) is 3.73. The van der Waals surface area contributed by atoms with Crippen LogP contribution in [0, 0.1) is 0 Å². The van der Waals surface area contributed by atoms with Crippen LogP contribution >= 0.6 is 22.7 Å². The van der Waals surface area contributed by atoms with E-state index >= 15 is 0 Å². The van der Waals surface area contributed by atoms with Gasteiger partial charge in [-0.15, -0.1) is 22.7 Å². The first kappa shape index (κ1) is 20.7. The number of hydrogen-bond acceptors (Lipinski definition) is 7. The van der Waals surface area contributed by atoms with Crippen molar-refractivity contribution >= 4 is 45.4 Å². The van der Waals surface area contributed by atoms with Crippen molar-refractivity contribution in [1.82, 2.24) is 10.3 Å². The predicted molar refractivity (Wildman–Crippen MR) is 114 cm³/mol. The Balaban J connectivity index is 1.52. The molecule has 2 N–H and O–H groups in total. The summed E-state index contributed by atoms with van der Waals surface area (Å²) in [6, 6.07) is 10.5. The Morgan fingerprint density at radius 1 is 1.07 bits per heavy atom. The zero-order valence-electron chi connectivity index (χ0n) is 15.9. The highest BCUT2D eigenvalue weighted by Gasteiger charge is 2.11. The fourth-order valence-electron chi connectivity index (χ4n) is 2.36. The summed E-state index contributed by atoms with van der Waals surface area (Å²) in [6.45, 7) is 3.30. The van der Waals surface area contributed by atoms with Gasteiger partial charge in [0.2, 0.25) is 5.91 Å². The molecule has 0 aliphatic heterocycles. The van der Waals surface area contributed by atoms with Gasteiger partial charge in [-0.3, -0.25) is 19.7 Å². The number of benzene rings is 1. The summed E-state index contributed by atoms with van der Waals surface area (Å²) in [5, 5.41) is 7.83. The second-order valence-electron chi connectivity index (χ2n) is 6.13. The number of amides is 2. The molecule has 0 saturated carbocycles. The number of ketones is 1. The average molecular weight is 430 g/mol. The molecule has 0 saturated heterocycles. The van der Waals surface area contributed by atoms with Crippen LogP contribution in [0.15, 0.2) is 41.8 Å². The lowest BCUT2D eigenvalue weighted by Crippen LogP contribution is -2.20. The highest BCUT2D eigenvalue weighted by molar-refractivity contribution is 7.17. The molecule has 0 radical (unpaired) electrons. The van der Waals surface area contributed by atoms with E-state index in [0.29, 0.717) is 23.0 Å². The quantitative estimate of drug-likeness (QED) is 0.532. The number of ether oxygens (including phenoxy) is 1. The third kappa shape index (κ3) is 5.97. The SMILES string of the molecule is CC(=O)NCc1ccc(-c2csc(NC(=O)COc3ccc(C(C)=O)cc3)n2)s1. The lowest BCUT2D eigenvalue weighted by molar-refractivity contribution is -0.119. The number of thiophene rings is 1. The molecule has 7 nitrogen and oxygen atoms in total. The van der Waals surface area contributed by atoms with E-state index in [1.807, 2.05) is 17.5 Å². The molecule has 0 aliphatic carbocycles. The summed E-state index contributed by atoms with van der Waals surface area (Å²) < 4.78 is 5.44. The maximum atomic E-state index is 12.1. The monoisotopic (exact) mass is 429 g/mol. The Morgan fingerprint density at radius 3 is 2.52 bits per heavy atom. The van der Waals surface area contributed by atoms with Crippen LogP contribution < -0.4 is 15.4 Å². The number of carbonyl (C=O) groups excluding carboxylic acids is 3. The number of Topliss-reactive ketones (excluding diaryl/α,β-unsaturated/α-hetero) is 1. The van der Waals surface area contributed by atoms with Crippen molar-refractivity contribution in [2.45, 2.75) is 20.4 Å². The number of nitrogens with zero attached hydrogens (tertiary/aromatic N) is 1. The van der Waals surface area contributed by atoms with Gasteiger partial charge in [0.1, 0.15) is 5.75 Å². The topological polar surface area (TPSA) is 97.4 Å². The minimum absolute atomic E-state index is 0.0261. The van der Waals surface area contributed by atoms with Crippen LogP contribution in [0.25, 0.3) is 10.6 Å². The Bertz CT molecular complexity index is 1020. The van der Waals surface area contributed by atoms with Crippen LogP contribution in [0.5, 0.6) is 5.75 Å². The molecular formula is C20H19N3O4S2. The van der Waals surface area contributed by atoms with Crippen LogP contribution in [0.4, 0.5) is 5.13 Å². The standard InChI is InChI=1S/C20H19N3O4S2/c1-12(24)14-3-5-15(6-4-14)27-10-19(26)23-20-22-17(11-28-20)18-8-7-16(29-18)9-21-13(2)25/h3-8,11H,9-10H2,1-2H3,(H,21,25)(H,22,23,26). The minimum atomic E-state index is -0.320. The van der Waals surface area contributed by atoms with Gasteiger partial charge < -0.3 is 10.1 Å². The molecule has 2 heterocycles. The Labute approximate surface area is 175 Å². The summed E-state index contributed by atoms with van der Waals surface area (Å²) in [5.41, 5.74) is 1.36. The fourth-order valence-corrected chi connectivity index (χ4v) is 4.07. The summed E-state index contributed by atoms with van der Waals surface area (Å²) in [4.78, 5) is 40.8. The fraction of sp³-hybridized carbons (Fsp3) is 0.200. The van der Waals surface area contributed by atoms with Crippen LogP contribution in [-0.2, 0) is 16.1 Å². The van der Waals surface area contributed by atoms with E-state index < -0.39 is 0 Å². The van der Waals surface area contributed by atoms with Crippen molar-refractivity contribution in [3.63, 3.8) is 0 Å². The summed E-state index contributed by atoms with van der Waals surface area (Å²) in [7, 11) is 0. The average Bonchev–Trinajstić information content (AvgIpc) is 3.34. The van der Waals surface area contributed by atoms with Crippen molar-refractivity contribution < 1.29 is 19.1 Å². The van der Waals surface area contributed by atoms with E-state index in [2.05, 4.69) is 15.6 Å². The smallest absolute Gasteiger partial charge is 0.264 e. The zero-order valence-corrected chi connectivity index (χ0v) is 17.5. The van der Waals surface area contributed by atoms with Crippen molar-refractivity contribution in [2.75, 3.05) is 11.9 Å². The molecule has 2 amide bonds. The molecular weight excluding hydrogens is 410 g/mol. The normalized spacial score (nSPS) is 10.4. The van der Waals surface area contributed by atoms with E-state index in [9.17, 15) is 14.4 Å². The lowest BCUT2D eigenvalue weighted by atomic mass is 10.1. The maximum Gasteiger partial charge on any atom is 0.264 e. The molecule has 0 spiro atoms. The number of aromatic nitrogens is 1. The number of carbonyl (C=O) groups is 3. The summed E-state index contributed by atoms with van der Waals surface area (Å²) in [5.74, 6) is 0.0896. The van der Waals surface area contributed by atoms with Gasteiger partial charge in [-0.1, -0.05) is 0 Å². The Kier molecular flexibility index (Phi) is 6.73. The molecule has 0 unspecified atom stereocenters. The highest BCUT2D eigenvalue weighted by Crippen LogP contribution is 2.30. The molecule has 3 rings (SSSR count). The van der Waals surface area contributed by atoms with Crippen molar-refractivity contribution in [1.29, 1.82) is 0 Å². The number of anilines is 1. The third-order valence-corrected chi connectivity index (χ3v) is 5.67. The van der Waals surface area contributed by atoms with Gasteiger partial charge in [0.15, 0.2) is 17.5 Å². The van der Waals surface area contributed by atoms with E-state index in [-0.39, 0.29) is 24.2 Å². The summed E-state index contributed by atoms with van der Waals surface area (Å²) >= 11 is 2.87. The van der Waals surface area contributed by atoms with E-state index in [1.165, 1.54) is 36.5 Å². The van der Waals surface area contributed by atoms with Crippen LogP contribution in [0.3, 0.4) is 0 Å². The van der Waals surface area contributed by atoms with E-state index in [4.69, 9.17) is 4.74 Å². The molecule has 0 fully saturated rings. The molecule has 0 aliphatic rings. The largest absolute Gasteiger partial charge is 0.484 e. The van der Waals surface area contributed by atoms with Crippen molar-refractivity contribution in [2.24, 2.45) is 0 Å². The first-order chi connectivity index (χ1) is 13.9. The first-order valence-electron chi connectivity index (χ1n) is 8.73. The van der Waals surface area contributed by atoms with Crippen molar-refractivity contribution in [3.05, 3.63) is 52.2 Å². The maximum absolute atomic E-state index is 12.1. The minimum Gasteiger partial charge on any atom is -0.484 e. The van der Waals surface area contributed by atoms with Crippen LogP contribution in [0.1, 0.15) is 29.1 Å². The zero-order chi connectivity index (χ0) is 20.8. The molecule has 3 aromatic rings. The Hall–Kier alpha value is -3.04. The van der Waals surface area contributed by atoms with Crippen LogP contribution in [-0.4, -0.2) is 29.2 Å². The number of thiazole rings is 1. The van der Waals surface area contributed by atoms with E-state index in [1.54, 1.807) is 24.3 Å². The molecule has 2 aromatic heterocycles. The third-order valence-electron chi connectivity index (χ3n) is 3.81. The van der Waals surface area contributed by atoms with Gasteiger partial charge in [0, 0.05) is 22.7 Å². The van der Waals surface area contributed by atoms with Gasteiger partial charge in [0.05, 0.1) is 17.1 Å². The molecule has 0 bridgehead atoms. The number of rotatable bonds is 8. The second kappa shape index (κ2) is 9.44. The van der Waals surface area contributed by atoms with Crippen LogP contribution in [0.2, 0.25) is 0 Å². The molecule has 0 atom stereocenters. The molecule has 150 valence electrons. The van der Waals surface area contributed by atoms with Gasteiger partial charge in [-0.05, 0) is 43.3 Å². The van der Waals surface area contributed by atoms with Crippen molar-refractivity contribution in [3.8, 4) is 16.3 Å².